The number of fused-ring (bicyclic) bond motifs is 2. The average Bonchev–Trinajstić information content (AvgIpc) is 3.46. The predicted octanol–water partition coefficient (Wildman–Crippen LogP) is 4.70. The third kappa shape index (κ3) is 3.56. The molecule has 2 aliphatic rings. The topological polar surface area (TPSA) is 98.2 Å². The highest BCUT2D eigenvalue weighted by molar-refractivity contribution is 7.22. The van der Waals surface area contributed by atoms with Crippen molar-refractivity contribution in [2.45, 2.75) is 6.04 Å². The molecular weight excluding hydrogens is 480 g/mol. The first kappa shape index (κ1) is 22.1. The Morgan fingerprint density at radius 2 is 1.81 bits per heavy atom. The minimum absolute atomic E-state index is 0.0142. The number of amides is 1. The Hall–Kier alpha value is -4.37. The highest BCUT2D eigenvalue weighted by Crippen LogP contribution is 2.45. The number of rotatable bonds is 4. The van der Waals surface area contributed by atoms with Crippen LogP contribution in [0.5, 0.6) is 17.2 Å². The number of ketones is 1. The van der Waals surface area contributed by atoms with Crippen LogP contribution in [-0.4, -0.2) is 42.1 Å². The molecular formula is C27H20N2O6S. The highest BCUT2D eigenvalue weighted by Gasteiger charge is 2.48. The first-order valence-corrected chi connectivity index (χ1v) is 12.1. The van der Waals surface area contributed by atoms with Gasteiger partial charge in [0.05, 0.1) is 28.9 Å². The van der Waals surface area contributed by atoms with E-state index in [4.69, 9.17) is 14.2 Å². The van der Waals surface area contributed by atoms with Gasteiger partial charge in [-0.1, -0.05) is 41.7 Å². The molecule has 8 nitrogen and oxygen atoms in total. The van der Waals surface area contributed by atoms with Crippen LogP contribution >= 0.6 is 11.3 Å². The smallest absolute Gasteiger partial charge is 0.301 e. The zero-order chi connectivity index (χ0) is 24.8. The number of thiazole rings is 1. The maximum absolute atomic E-state index is 13.4. The molecule has 0 unspecified atom stereocenters. The largest absolute Gasteiger partial charge is 0.507 e. The third-order valence-corrected chi connectivity index (χ3v) is 7.18. The zero-order valence-corrected chi connectivity index (χ0v) is 20.0. The van der Waals surface area contributed by atoms with Gasteiger partial charge in [-0.3, -0.25) is 14.5 Å². The lowest BCUT2D eigenvalue weighted by Crippen LogP contribution is -2.29. The van der Waals surface area contributed by atoms with Crippen LogP contribution in [0.1, 0.15) is 17.2 Å². The number of ether oxygens (including phenoxy) is 3. The number of hydrogen-bond acceptors (Lipinski definition) is 8. The van der Waals surface area contributed by atoms with Crippen LogP contribution in [0.3, 0.4) is 0 Å². The second-order valence-electron chi connectivity index (χ2n) is 8.27. The minimum atomic E-state index is -0.859. The van der Waals surface area contributed by atoms with Crippen molar-refractivity contribution < 1.29 is 28.9 Å². The summed E-state index contributed by atoms with van der Waals surface area (Å²) >= 11 is 1.28. The maximum Gasteiger partial charge on any atom is 0.301 e. The summed E-state index contributed by atoms with van der Waals surface area (Å²) in [5.41, 5.74) is 1.69. The number of anilines is 1. The monoisotopic (exact) mass is 500 g/mol. The average molecular weight is 501 g/mol. The van der Waals surface area contributed by atoms with Gasteiger partial charge in [-0.05, 0) is 42.0 Å². The number of carbonyl (C=O) groups excluding carboxylic acids is 2. The summed E-state index contributed by atoms with van der Waals surface area (Å²) in [5, 5.41) is 11.7. The van der Waals surface area contributed by atoms with E-state index in [0.717, 1.165) is 4.70 Å². The van der Waals surface area contributed by atoms with E-state index in [1.165, 1.54) is 16.2 Å². The Bertz CT molecular complexity index is 1540. The van der Waals surface area contributed by atoms with Gasteiger partial charge >= 0.3 is 5.91 Å². The number of methoxy groups -OCH3 is 1. The van der Waals surface area contributed by atoms with Gasteiger partial charge in [0.1, 0.15) is 24.7 Å². The molecule has 1 fully saturated rings. The number of nitrogens with zero attached hydrogens (tertiary/aromatic N) is 2. The molecule has 9 heteroatoms. The molecule has 0 spiro atoms. The SMILES string of the molecule is COc1ccc2nc(N3C(=O)C(=O)/C(=C(/O)c4ccc5c(c4)OCCO5)[C@H]3c3ccccc3)sc2c1. The van der Waals surface area contributed by atoms with Gasteiger partial charge in [-0.2, -0.15) is 0 Å². The van der Waals surface area contributed by atoms with Gasteiger partial charge in [0.25, 0.3) is 5.78 Å². The van der Waals surface area contributed by atoms with Crippen LogP contribution < -0.4 is 19.1 Å². The van der Waals surface area contributed by atoms with E-state index in [1.807, 2.05) is 36.4 Å². The van der Waals surface area contributed by atoms with Gasteiger partial charge in [0.2, 0.25) is 0 Å². The molecule has 36 heavy (non-hydrogen) atoms. The molecule has 4 aromatic rings. The van der Waals surface area contributed by atoms with Crippen molar-refractivity contribution in [3.8, 4) is 17.2 Å². The summed E-state index contributed by atoms with van der Waals surface area (Å²) in [4.78, 5) is 32.8. The van der Waals surface area contributed by atoms with Crippen LogP contribution in [0.15, 0.2) is 72.3 Å². The summed E-state index contributed by atoms with van der Waals surface area (Å²) in [5.74, 6) is -0.136. The number of Topliss-reactive ketones (excluding diaryl/α,β-unsaturated/α-hetero) is 1. The van der Waals surface area contributed by atoms with Gasteiger partial charge in [-0.25, -0.2) is 4.98 Å². The Morgan fingerprint density at radius 1 is 1.03 bits per heavy atom. The van der Waals surface area contributed by atoms with Crippen molar-refractivity contribution in [1.29, 1.82) is 0 Å². The fourth-order valence-corrected chi connectivity index (χ4v) is 5.47. The van der Waals surface area contributed by atoms with E-state index in [0.29, 0.717) is 52.2 Å². The van der Waals surface area contributed by atoms with Gasteiger partial charge in [0.15, 0.2) is 16.6 Å². The first-order valence-electron chi connectivity index (χ1n) is 11.3. The van der Waals surface area contributed by atoms with Crippen molar-refractivity contribution in [3.63, 3.8) is 0 Å². The standard InChI is InChI=1S/C27H20N2O6S/c1-33-17-8-9-18-21(14-17)36-27(28-18)29-23(15-5-3-2-4-6-15)22(25(31)26(29)32)24(30)16-7-10-19-20(13-16)35-12-11-34-19/h2-10,13-14,23,30H,11-12H2,1H3/b24-22+/t23-/m1/s1. The lowest BCUT2D eigenvalue weighted by atomic mass is 9.95. The number of carbonyl (C=O) groups is 2. The molecule has 0 radical (unpaired) electrons. The molecule has 1 N–H and O–H groups in total. The lowest BCUT2D eigenvalue weighted by Gasteiger charge is -2.23. The molecule has 0 saturated carbocycles. The molecule has 1 aromatic heterocycles. The minimum Gasteiger partial charge on any atom is -0.507 e. The molecule has 1 amide bonds. The highest BCUT2D eigenvalue weighted by atomic mass is 32.1. The summed E-state index contributed by atoms with van der Waals surface area (Å²) in [6.45, 7) is 0.819. The molecule has 180 valence electrons. The normalized spacial score (nSPS) is 18.6. The Kier molecular flexibility index (Phi) is 5.34. The molecule has 2 aliphatic heterocycles. The van der Waals surface area contributed by atoms with Crippen LogP contribution in [0.4, 0.5) is 5.13 Å². The Balaban J connectivity index is 1.52. The third-order valence-electron chi connectivity index (χ3n) is 6.17. The Morgan fingerprint density at radius 3 is 2.58 bits per heavy atom. The summed E-state index contributed by atoms with van der Waals surface area (Å²) < 4.78 is 17.3. The first-order chi connectivity index (χ1) is 17.5. The van der Waals surface area contributed by atoms with Crippen LogP contribution in [0.2, 0.25) is 0 Å². The molecule has 3 heterocycles. The van der Waals surface area contributed by atoms with Gasteiger partial charge < -0.3 is 19.3 Å². The van der Waals surface area contributed by atoms with Crippen molar-refractivity contribution in [1.82, 2.24) is 4.98 Å². The molecule has 6 rings (SSSR count). The summed E-state index contributed by atoms with van der Waals surface area (Å²) in [6, 6.07) is 18.6. The van der Waals surface area contributed by atoms with E-state index in [2.05, 4.69) is 4.98 Å². The quantitative estimate of drug-likeness (QED) is 0.246. The van der Waals surface area contributed by atoms with Crippen LogP contribution in [-0.2, 0) is 9.59 Å². The van der Waals surface area contributed by atoms with Gasteiger partial charge in [-0.15, -0.1) is 0 Å². The van der Waals surface area contributed by atoms with Gasteiger partial charge in [0, 0.05) is 5.56 Å². The van der Waals surface area contributed by atoms with Crippen LogP contribution in [0, 0.1) is 0 Å². The van der Waals surface area contributed by atoms with E-state index < -0.39 is 17.7 Å². The van der Waals surface area contributed by atoms with Crippen LogP contribution in [0.25, 0.3) is 16.0 Å². The zero-order valence-electron chi connectivity index (χ0n) is 19.1. The van der Waals surface area contributed by atoms with Crippen molar-refractivity contribution in [3.05, 3.63) is 83.4 Å². The van der Waals surface area contributed by atoms with Crippen molar-refractivity contribution in [2.75, 3.05) is 25.2 Å². The number of benzene rings is 3. The molecule has 1 saturated heterocycles. The molecule has 3 aromatic carbocycles. The number of hydrogen-bond donors (Lipinski definition) is 1. The molecule has 0 bridgehead atoms. The second kappa shape index (κ2) is 8.69. The Labute approximate surface area is 210 Å². The summed E-state index contributed by atoms with van der Waals surface area (Å²) in [6.07, 6.45) is 0. The fraction of sp³-hybridized carbons (Fsp3) is 0.148. The van der Waals surface area contributed by atoms with E-state index in [-0.39, 0.29) is 11.3 Å². The number of aliphatic hydroxyl groups excluding tert-OH is 1. The second-order valence-corrected chi connectivity index (χ2v) is 9.28. The van der Waals surface area contributed by atoms with E-state index in [9.17, 15) is 14.7 Å². The summed E-state index contributed by atoms with van der Waals surface area (Å²) in [7, 11) is 1.58. The lowest BCUT2D eigenvalue weighted by molar-refractivity contribution is -0.132. The van der Waals surface area contributed by atoms with E-state index in [1.54, 1.807) is 37.4 Å². The fourth-order valence-electron chi connectivity index (χ4n) is 4.45. The molecule has 0 aliphatic carbocycles. The van der Waals surface area contributed by atoms with Crippen molar-refractivity contribution in [2.24, 2.45) is 0 Å². The van der Waals surface area contributed by atoms with Crippen molar-refractivity contribution >= 4 is 44.1 Å². The predicted molar refractivity (Wildman–Crippen MR) is 135 cm³/mol. The molecule has 1 atom stereocenters. The number of aromatic nitrogens is 1. The van der Waals surface area contributed by atoms with E-state index >= 15 is 0 Å². The number of aliphatic hydroxyl groups is 1. The maximum atomic E-state index is 13.4.